The van der Waals surface area contributed by atoms with Crippen molar-refractivity contribution in [3.63, 3.8) is 0 Å². The molecule has 0 aromatic heterocycles. The molecule has 0 rings (SSSR count). The van der Waals surface area contributed by atoms with E-state index in [-0.39, 0.29) is 5.97 Å². The molecule has 0 spiro atoms. The number of esters is 1. The molecule has 0 aliphatic carbocycles. The van der Waals surface area contributed by atoms with Gasteiger partial charge in [-0.2, -0.15) is 0 Å². The lowest BCUT2D eigenvalue weighted by molar-refractivity contribution is -0.137. The SMILES string of the molecule is C=CC(=O)OCCC[SiH2]OC(C)CC. The van der Waals surface area contributed by atoms with Gasteiger partial charge >= 0.3 is 5.97 Å². The summed E-state index contributed by atoms with van der Waals surface area (Å²) in [6.07, 6.45) is 3.55. The summed E-state index contributed by atoms with van der Waals surface area (Å²) in [4.78, 5) is 10.6. The van der Waals surface area contributed by atoms with Crippen molar-refractivity contribution in [2.45, 2.75) is 38.8 Å². The van der Waals surface area contributed by atoms with Crippen LogP contribution in [0.15, 0.2) is 12.7 Å². The first-order chi connectivity index (χ1) is 6.70. The van der Waals surface area contributed by atoms with Crippen LogP contribution in [-0.4, -0.2) is 28.4 Å². The Hall–Kier alpha value is -0.613. The van der Waals surface area contributed by atoms with E-state index in [1.165, 1.54) is 6.08 Å². The van der Waals surface area contributed by atoms with Gasteiger partial charge in [-0.05, 0) is 25.8 Å². The maximum Gasteiger partial charge on any atom is 0.330 e. The first-order valence-electron chi connectivity index (χ1n) is 5.11. The van der Waals surface area contributed by atoms with Gasteiger partial charge in [0.15, 0.2) is 9.76 Å². The second-order valence-corrected chi connectivity index (χ2v) is 4.62. The average molecular weight is 216 g/mol. The Morgan fingerprint density at radius 2 is 2.36 bits per heavy atom. The molecular weight excluding hydrogens is 196 g/mol. The van der Waals surface area contributed by atoms with E-state index in [1.807, 2.05) is 0 Å². The topological polar surface area (TPSA) is 35.5 Å². The maximum absolute atomic E-state index is 10.6. The van der Waals surface area contributed by atoms with E-state index in [4.69, 9.17) is 9.16 Å². The Morgan fingerprint density at radius 1 is 1.64 bits per heavy atom. The summed E-state index contributed by atoms with van der Waals surface area (Å²) in [5.74, 6) is -0.338. The van der Waals surface area contributed by atoms with Crippen LogP contribution >= 0.6 is 0 Å². The van der Waals surface area contributed by atoms with Crippen molar-refractivity contribution in [1.29, 1.82) is 0 Å². The quantitative estimate of drug-likeness (QED) is 0.266. The second-order valence-electron chi connectivity index (χ2n) is 3.17. The van der Waals surface area contributed by atoms with Crippen molar-refractivity contribution in [3.8, 4) is 0 Å². The minimum atomic E-state index is -0.415. The van der Waals surface area contributed by atoms with Gasteiger partial charge in [0.2, 0.25) is 0 Å². The lowest BCUT2D eigenvalue weighted by atomic mass is 10.3. The number of ether oxygens (including phenoxy) is 1. The molecule has 0 saturated carbocycles. The molecule has 0 fully saturated rings. The highest BCUT2D eigenvalue weighted by Crippen LogP contribution is 1.98. The van der Waals surface area contributed by atoms with E-state index in [0.717, 1.165) is 18.9 Å². The van der Waals surface area contributed by atoms with Gasteiger partial charge in [-0.1, -0.05) is 13.5 Å². The molecule has 0 aliphatic heterocycles. The molecule has 0 saturated heterocycles. The van der Waals surface area contributed by atoms with Crippen molar-refractivity contribution in [2.75, 3.05) is 6.61 Å². The molecule has 0 amide bonds. The van der Waals surface area contributed by atoms with E-state index in [1.54, 1.807) is 0 Å². The average Bonchev–Trinajstić information content (AvgIpc) is 2.22. The van der Waals surface area contributed by atoms with Crippen LogP contribution in [0.3, 0.4) is 0 Å². The highest BCUT2D eigenvalue weighted by molar-refractivity contribution is 6.27. The van der Waals surface area contributed by atoms with Gasteiger partial charge in [0, 0.05) is 12.2 Å². The lowest BCUT2D eigenvalue weighted by Crippen LogP contribution is -2.11. The van der Waals surface area contributed by atoms with E-state index in [2.05, 4.69) is 20.4 Å². The summed E-state index contributed by atoms with van der Waals surface area (Å²) in [6.45, 7) is 8.01. The third-order valence-corrected chi connectivity index (χ3v) is 3.52. The third kappa shape index (κ3) is 8.01. The summed E-state index contributed by atoms with van der Waals surface area (Å²) >= 11 is 0. The molecule has 0 bridgehead atoms. The smallest absolute Gasteiger partial charge is 0.330 e. The number of carbonyl (C=O) groups is 1. The molecule has 82 valence electrons. The van der Waals surface area contributed by atoms with Crippen LogP contribution in [0.5, 0.6) is 0 Å². The van der Waals surface area contributed by atoms with Gasteiger partial charge in [0.25, 0.3) is 0 Å². The maximum atomic E-state index is 10.6. The Morgan fingerprint density at radius 3 is 2.93 bits per heavy atom. The van der Waals surface area contributed by atoms with Crippen molar-refractivity contribution >= 4 is 15.7 Å². The monoisotopic (exact) mass is 216 g/mol. The zero-order valence-electron chi connectivity index (χ0n) is 9.12. The fraction of sp³-hybridized carbons (Fsp3) is 0.700. The normalized spacial score (nSPS) is 13.0. The minimum Gasteiger partial charge on any atom is -0.463 e. The Balaban J connectivity index is 3.14. The number of hydrogen-bond donors (Lipinski definition) is 0. The predicted molar refractivity (Wildman–Crippen MR) is 60.0 cm³/mol. The van der Waals surface area contributed by atoms with E-state index < -0.39 is 9.76 Å². The summed E-state index contributed by atoms with van der Waals surface area (Å²) < 4.78 is 10.4. The van der Waals surface area contributed by atoms with Crippen LogP contribution in [0.1, 0.15) is 26.7 Å². The molecule has 14 heavy (non-hydrogen) atoms. The molecule has 0 aromatic carbocycles. The Bertz CT molecular complexity index is 171. The number of rotatable bonds is 8. The number of carbonyl (C=O) groups excluding carboxylic acids is 1. The molecule has 0 aliphatic rings. The molecule has 0 N–H and O–H groups in total. The highest BCUT2D eigenvalue weighted by atomic mass is 28.2. The van der Waals surface area contributed by atoms with Gasteiger partial charge in [-0.3, -0.25) is 0 Å². The van der Waals surface area contributed by atoms with Gasteiger partial charge in [-0.25, -0.2) is 4.79 Å². The van der Waals surface area contributed by atoms with Crippen LogP contribution in [0, 0.1) is 0 Å². The van der Waals surface area contributed by atoms with Crippen LogP contribution in [0.25, 0.3) is 0 Å². The first-order valence-corrected chi connectivity index (χ1v) is 6.69. The molecule has 3 nitrogen and oxygen atoms in total. The summed E-state index contributed by atoms with van der Waals surface area (Å²) in [7, 11) is -0.415. The summed E-state index contributed by atoms with van der Waals surface area (Å²) in [5.41, 5.74) is 0. The molecule has 4 heteroatoms. The zero-order chi connectivity index (χ0) is 10.8. The van der Waals surface area contributed by atoms with Gasteiger partial charge in [0.05, 0.1) is 6.61 Å². The largest absolute Gasteiger partial charge is 0.463 e. The Labute approximate surface area is 88.4 Å². The molecule has 1 unspecified atom stereocenters. The van der Waals surface area contributed by atoms with Gasteiger partial charge < -0.3 is 9.16 Å². The highest BCUT2D eigenvalue weighted by Gasteiger charge is 1.99. The minimum absolute atomic E-state index is 0.338. The van der Waals surface area contributed by atoms with Crippen LogP contribution < -0.4 is 0 Å². The van der Waals surface area contributed by atoms with E-state index >= 15 is 0 Å². The van der Waals surface area contributed by atoms with Gasteiger partial charge in [-0.15, -0.1) is 0 Å². The van der Waals surface area contributed by atoms with Gasteiger partial charge in [0.1, 0.15) is 0 Å². The zero-order valence-corrected chi connectivity index (χ0v) is 10.5. The summed E-state index contributed by atoms with van der Waals surface area (Å²) in [6, 6.07) is 1.06. The summed E-state index contributed by atoms with van der Waals surface area (Å²) in [5, 5.41) is 0. The lowest BCUT2D eigenvalue weighted by Gasteiger charge is -2.09. The molecule has 0 aromatic rings. The second kappa shape index (κ2) is 8.96. The third-order valence-electron chi connectivity index (χ3n) is 1.93. The van der Waals surface area contributed by atoms with E-state index in [9.17, 15) is 4.79 Å². The predicted octanol–water partition coefficient (Wildman–Crippen LogP) is 1.42. The Kier molecular flexibility index (Phi) is 8.57. The molecular formula is C10H20O3Si. The van der Waals surface area contributed by atoms with Crippen LogP contribution in [0.4, 0.5) is 0 Å². The molecule has 1 atom stereocenters. The van der Waals surface area contributed by atoms with Crippen LogP contribution in [0.2, 0.25) is 6.04 Å². The molecule has 0 heterocycles. The van der Waals surface area contributed by atoms with Crippen molar-refractivity contribution < 1.29 is 14.0 Å². The molecule has 0 radical (unpaired) electrons. The number of hydrogen-bond acceptors (Lipinski definition) is 3. The first kappa shape index (κ1) is 13.4. The van der Waals surface area contributed by atoms with Crippen LogP contribution in [-0.2, 0) is 14.0 Å². The fourth-order valence-electron chi connectivity index (χ4n) is 0.838. The van der Waals surface area contributed by atoms with Crippen molar-refractivity contribution in [1.82, 2.24) is 0 Å². The van der Waals surface area contributed by atoms with Crippen molar-refractivity contribution in [2.24, 2.45) is 0 Å². The standard InChI is InChI=1S/C10H20O3Si/c1-4-9(3)13-14-8-6-7-12-10(11)5-2/h5,9H,2,4,6-8,14H2,1,3H3. The van der Waals surface area contributed by atoms with E-state index in [0.29, 0.717) is 12.7 Å². The van der Waals surface area contributed by atoms with Crippen molar-refractivity contribution in [3.05, 3.63) is 12.7 Å². The fourth-order valence-corrected chi connectivity index (χ4v) is 2.05.